The molecule has 0 saturated carbocycles. The highest BCUT2D eigenvalue weighted by Crippen LogP contribution is 2.20. The minimum atomic E-state index is 0. The van der Waals surface area contributed by atoms with Gasteiger partial charge in [-0.3, -0.25) is 9.48 Å². The van der Waals surface area contributed by atoms with E-state index in [1.165, 1.54) is 11.3 Å². The summed E-state index contributed by atoms with van der Waals surface area (Å²) in [6.07, 6.45) is 6.17. The molecule has 1 unspecified atom stereocenters. The number of nitrogens with one attached hydrogen (secondary N) is 2. The molecule has 2 fully saturated rings. The molecule has 2 saturated heterocycles. The average molecular weight is 404 g/mol. The van der Waals surface area contributed by atoms with Gasteiger partial charge < -0.3 is 15.5 Å². The summed E-state index contributed by atoms with van der Waals surface area (Å²) in [5.74, 6) is 0.0616. The summed E-state index contributed by atoms with van der Waals surface area (Å²) < 4.78 is 1.96. The van der Waals surface area contributed by atoms with Crippen LogP contribution < -0.4 is 10.6 Å². The summed E-state index contributed by atoms with van der Waals surface area (Å²) in [7, 11) is 0. The fraction of sp³-hybridized carbons (Fsp3) is 0.524. The minimum Gasteiger partial charge on any atom is -0.382 e. The lowest BCUT2D eigenvalue weighted by molar-refractivity contribution is 0.0711. The van der Waals surface area contributed by atoms with E-state index in [1.54, 1.807) is 0 Å². The number of piperidine rings is 2. The number of hydrogen-bond donors (Lipinski definition) is 2. The zero-order valence-electron chi connectivity index (χ0n) is 16.4. The maximum absolute atomic E-state index is 12.8. The van der Waals surface area contributed by atoms with Crippen molar-refractivity contribution in [3.05, 3.63) is 47.8 Å². The topological polar surface area (TPSA) is 62.2 Å². The van der Waals surface area contributed by atoms with Crippen molar-refractivity contribution in [1.82, 2.24) is 20.0 Å². The molecular weight excluding hydrogens is 374 g/mol. The van der Waals surface area contributed by atoms with E-state index in [4.69, 9.17) is 0 Å². The van der Waals surface area contributed by atoms with Gasteiger partial charge in [-0.05, 0) is 62.9 Å². The number of aryl methyl sites for hydroxylation is 1. The Hall–Kier alpha value is -2.05. The summed E-state index contributed by atoms with van der Waals surface area (Å²) in [5.41, 5.74) is 3.00. The van der Waals surface area contributed by atoms with E-state index in [0.717, 1.165) is 51.9 Å². The standard InChI is InChI=1S/C21H29N5O.ClH/c1-16-4-2-5-18(14-16)23-17-7-11-25(12-8-17)21(27)20-9-13-26(24-20)19-6-3-10-22-15-19;/h2,4-5,9,13-14,17,19,22-23H,3,6-8,10-12,15H2,1H3;1H. The number of amides is 1. The van der Waals surface area contributed by atoms with E-state index in [0.29, 0.717) is 17.8 Å². The van der Waals surface area contributed by atoms with Crippen LogP contribution in [0.1, 0.15) is 47.8 Å². The van der Waals surface area contributed by atoms with Gasteiger partial charge in [-0.2, -0.15) is 5.10 Å². The van der Waals surface area contributed by atoms with Crippen LogP contribution in [0.4, 0.5) is 5.69 Å². The molecule has 1 amide bonds. The number of halogens is 1. The fourth-order valence-corrected chi connectivity index (χ4v) is 4.07. The molecule has 0 aliphatic carbocycles. The molecule has 7 heteroatoms. The first kappa shape index (κ1) is 20.7. The van der Waals surface area contributed by atoms with Gasteiger partial charge in [0.05, 0.1) is 6.04 Å². The Balaban J connectivity index is 0.00000225. The first-order valence-corrected chi connectivity index (χ1v) is 10.1. The molecule has 1 aromatic heterocycles. The Kier molecular flexibility index (Phi) is 6.97. The van der Waals surface area contributed by atoms with E-state index in [9.17, 15) is 4.79 Å². The molecule has 2 N–H and O–H groups in total. The number of nitrogens with zero attached hydrogens (tertiary/aromatic N) is 3. The van der Waals surface area contributed by atoms with Crippen LogP contribution in [-0.2, 0) is 0 Å². The number of rotatable bonds is 4. The summed E-state index contributed by atoms with van der Waals surface area (Å²) in [6.45, 7) is 5.68. The molecule has 4 rings (SSSR count). The number of benzene rings is 1. The summed E-state index contributed by atoms with van der Waals surface area (Å²) in [4.78, 5) is 14.8. The van der Waals surface area contributed by atoms with Gasteiger partial charge in [-0.25, -0.2) is 0 Å². The quantitative estimate of drug-likeness (QED) is 0.822. The summed E-state index contributed by atoms with van der Waals surface area (Å²) >= 11 is 0. The van der Waals surface area contributed by atoms with Gasteiger partial charge in [0.15, 0.2) is 0 Å². The number of carbonyl (C=O) groups excluding carboxylic acids is 1. The molecule has 152 valence electrons. The molecule has 0 bridgehead atoms. The third kappa shape index (κ3) is 4.86. The van der Waals surface area contributed by atoms with Crippen LogP contribution in [0.15, 0.2) is 36.5 Å². The number of aromatic nitrogens is 2. The predicted octanol–water partition coefficient (Wildman–Crippen LogP) is 3.25. The predicted molar refractivity (Wildman–Crippen MR) is 114 cm³/mol. The first-order chi connectivity index (χ1) is 13.2. The molecule has 2 aliphatic heterocycles. The number of anilines is 1. The highest BCUT2D eigenvalue weighted by Gasteiger charge is 2.26. The van der Waals surface area contributed by atoms with E-state index in [1.807, 2.05) is 21.8 Å². The van der Waals surface area contributed by atoms with Crippen LogP contribution >= 0.6 is 12.4 Å². The van der Waals surface area contributed by atoms with Crippen LogP contribution in [0.5, 0.6) is 0 Å². The van der Waals surface area contributed by atoms with E-state index in [2.05, 4.69) is 46.9 Å². The Bertz CT molecular complexity index is 779. The second kappa shape index (κ2) is 9.43. The van der Waals surface area contributed by atoms with Crippen molar-refractivity contribution in [2.75, 3.05) is 31.5 Å². The zero-order valence-corrected chi connectivity index (χ0v) is 17.3. The molecule has 2 aromatic rings. The molecule has 1 atom stereocenters. The zero-order chi connectivity index (χ0) is 18.6. The Morgan fingerprint density at radius 1 is 1.21 bits per heavy atom. The van der Waals surface area contributed by atoms with Crippen molar-refractivity contribution >= 4 is 24.0 Å². The second-order valence-corrected chi connectivity index (χ2v) is 7.76. The van der Waals surface area contributed by atoms with Gasteiger partial charge in [0, 0.05) is 37.6 Å². The number of hydrogen-bond acceptors (Lipinski definition) is 4. The van der Waals surface area contributed by atoms with Crippen molar-refractivity contribution in [1.29, 1.82) is 0 Å². The molecule has 1 aromatic carbocycles. The fourth-order valence-electron chi connectivity index (χ4n) is 4.07. The molecule has 0 spiro atoms. The lowest BCUT2D eigenvalue weighted by Gasteiger charge is -2.32. The van der Waals surface area contributed by atoms with E-state index < -0.39 is 0 Å². The van der Waals surface area contributed by atoms with Crippen LogP contribution in [-0.4, -0.2) is 52.8 Å². The maximum atomic E-state index is 12.8. The van der Waals surface area contributed by atoms with Crippen molar-refractivity contribution in [3.8, 4) is 0 Å². The second-order valence-electron chi connectivity index (χ2n) is 7.76. The Morgan fingerprint density at radius 2 is 2.04 bits per heavy atom. The average Bonchev–Trinajstić information content (AvgIpc) is 3.19. The number of likely N-dealkylation sites (tertiary alicyclic amines) is 1. The van der Waals surface area contributed by atoms with Crippen LogP contribution in [0, 0.1) is 6.92 Å². The maximum Gasteiger partial charge on any atom is 0.274 e. The van der Waals surface area contributed by atoms with E-state index in [-0.39, 0.29) is 18.3 Å². The lowest BCUT2D eigenvalue weighted by atomic mass is 10.0. The normalized spacial score (nSPS) is 20.5. The van der Waals surface area contributed by atoms with Gasteiger partial charge in [-0.15, -0.1) is 12.4 Å². The Morgan fingerprint density at radius 3 is 2.75 bits per heavy atom. The lowest BCUT2D eigenvalue weighted by Crippen LogP contribution is -2.42. The minimum absolute atomic E-state index is 0. The largest absolute Gasteiger partial charge is 0.382 e. The summed E-state index contributed by atoms with van der Waals surface area (Å²) in [6, 6.07) is 11.1. The van der Waals surface area contributed by atoms with Crippen LogP contribution in [0.25, 0.3) is 0 Å². The van der Waals surface area contributed by atoms with Crippen molar-refractivity contribution in [2.45, 2.75) is 44.7 Å². The Labute approximate surface area is 173 Å². The van der Waals surface area contributed by atoms with Gasteiger partial charge in [0.2, 0.25) is 0 Å². The number of carbonyl (C=O) groups is 1. The van der Waals surface area contributed by atoms with E-state index >= 15 is 0 Å². The van der Waals surface area contributed by atoms with Crippen molar-refractivity contribution in [3.63, 3.8) is 0 Å². The molecule has 6 nitrogen and oxygen atoms in total. The summed E-state index contributed by atoms with van der Waals surface area (Å²) in [5, 5.41) is 11.6. The molecule has 0 radical (unpaired) electrons. The van der Waals surface area contributed by atoms with Crippen LogP contribution in [0.3, 0.4) is 0 Å². The third-order valence-electron chi connectivity index (χ3n) is 5.64. The smallest absolute Gasteiger partial charge is 0.274 e. The van der Waals surface area contributed by atoms with Gasteiger partial charge >= 0.3 is 0 Å². The molecule has 28 heavy (non-hydrogen) atoms. The van der Waals surface area contributed by atoms with Gasteiger partial charge in [-0.1, -0.05) is 12.1 Å². The van der Waals surface area contributed by atoms with Gasteiger partial charge in [0.1, 0.15) is 5.69 Å². The van der Waals surface area contributed by atoms with Gasteiger partial charge in [0.25, 0.3) is 5.91 Å². The highest BCUT2D eigenvalue weighted by atomic mass is 35.5. The molecule has 3 heterocycles. The third-order valence-corrected chi connectivity index (χ3v) is 5.64. The SMILES string of the molecule is Cc1cccc(NC2CCN(C(=O)c3ccn(C4CCCNC4)n3)CC2)c1.Cl. The molecule has 2 aliphatic rings. The first-order valence-electron chi connectivity index (χ1n) is 10.1. The van der Waals surface area contributed by atoms with Crippen molar-refractivity contribution < 1.29 is 4.79 Å². The van der Waals surface area contributed by atoms with Crippen LogP contribution in [0.2, 0.25) is 0 Å². The monoisotopic (exact) mass is 403 g/mol. The highest BCUT2D eigenvalue weighted by molar-refractivity contribution is 5.92. The van der Waals surface area contributed by atoms with Crippen molar-refractivity contribution in [2.24, 2.45) is 0 Å². The molecular formula is C21H30ClN5O.